The number of aliphatic carboxylic acids is 1. The van der Waals surface area contributed by atoms with Crippen molar-refractivity contribution in [1.29, 1.82) is 5.26 Å². The van der Waals surface area contributed by atoms with Crippen LogP contribution in [-0.4, -0.2) is 86.9 Å². The summed E-state index contributed by atoms with van der Waals surface area (Å²) in [5.41, 5.74) is 2.00. The number of nitrogens with zero attached hydrogens (tertiary/aromatic N) is 7. The summed E-state index contributed by atoms with van der Waals surface area (Å²) < 4.78 is 0. The van der Waals surface area contributed by atoms with Crippen LogP contribution in [0.25, 0.3) is 10.9 Å². The third-order valence-corrected chi connectivity index (χ3v) is 7.01. The Bertz CT molecular complexity index is 1350. The summed E-state index contributed by atoms with van der Waals surface area (Å²) in [7, 11) is 0. The molecule has 0 radical (unpaired) electrons. The molecule has 0 bridgehead atoms. The highest BCUT2D eigenvalue weighted by Crippen LogP contribution is 2.25. The van der Waals surface area contributed by atoms with Crippen LogP contribution in [0, 0.1) is 17.2 Å². The minimum absolute atomic E-state index is 0.241. The maximum atomic E-state index is 12.6. The fraction of sp³-hybridized carbons (Fsp3) is 0.440. The number of hydrogen-bond acceptors (Lipinski definition) is 10. The monoisotopic (exact) mass is 503 g/mol. The zero-order chi connectivity index (χ0) is 25.8. The first-order valence-corrected chi connectivity index (χ1v) is 12.4. The van der Waals surface area contributed by atoms with E-state index in [1.165, 1.54) is 6.20 Å². The molecule has 12 nitrogen and oxygen atoms in total. The fourth-order valence-electron chi connectivity index (χ4n) is 4.86. The van der Waals surface area contributed by atoms with E-state index in [-0.39, 0.29) is 11.5 Å². The second kappa shape index (κ2) is 10.9. The Kier molecular flexibility index (Phi) is 7.25. The third kappa shape index (κ3) is 5.68. The van der Waals surface area contributed by atoms with Gasteiger partial charge in [0, 0.05) is 38.4 Å². The molecule has 0 atom stereocenters. The molecule has 0 amide bonds. The van der Waals surface area contributed by atoms with Crippen LogP contribution < -0.4 is 15.8 Å². The van der Waals surface area contributed by atoms with Crippen molar-refractivity contribution in [2.24, 2.45) is 5.92 Å². The van der Waals surface area contributed by atoms with Gasteiger partial charge in [-0.05, 0) is 43.6 Å². The molecule has 2 saturated heterocycles. The summed E-state index contributed by atoms with van der Waals surface area (Å²) in [6, 6.07) is 10.1. The van der Waals surface area contributed by atoms with Gasteiger partial charge in [-0.1, -0.05) is 12.1 Å². The molecule has 4 heterocycles. The molecule has 192 valence electrons. The van der Waals surface area contributed by atoms with Crippen LogP contribution in [0.4, 0.5) is 17.5 Å². The van der Waals surface area contributed by atoms with Crippen LogP contribution in [0.15, 0.2) is 35.3 Å². The van der Waals surface area contributed by atoms with Gasteiger partial charge in [0.2, 0.25) is 5.95 Å². The number of likely N-dealkylation sites (tertiary alicyclic amines) is 1. The standard InChI is InChI=1S/C25H29N9O3/c26-7-10-32-11-13-34(14-12-32)25-29-20-15-27-31-23(35)21(20)22(30-25)28-19-3-1-17(2-4-19)16-33-8-5-18(6-9-33)24(36)37/h1-4,15,18H,5-6,8-14,16H2,(H,31,35)(H,36,37)(H,28,29,30). The van der Waals surface area contributed by atoms with Gasteiger partial charge in [-0.3, -0.25) is 19.4 Å². The molecule has 12 heteroatoms. The molecule has 2 aromatic heterocycles. The van der Waals surface area contributed by atoms with Crippen molar-refractivity contribution in [2.45, 2.75) is 19.4 Å². The second-order valence-corrected chi connectivity index (χ2v) is 9.46. The highest BCUT2D eigenvalue weighted by molar-refractivity contribution is 5.90. The molecule has 2 aliphatic rings. The van der Waals surface area contributed by atoms with Gasteiger partial charge in [-0.15, -0.1) is 0 Å². The maximum absolute atomic E-state index is 12.6. The Morgan fingerprint density at radius 3 is 2.49 bits per heavy atom. The summed E-state index contributed by atoms with van der Waals surface area (Å²) in [5, 5.41) is 28.1. The maximum Gasteiger partial charge on any atom is 0.306 e. The number of carboxylic acid groups (broad SMARTS) is 1. The molecule has 3 aromatic rings. The molecular weight excluding hydrogens is 474 g/mol. The Hall–Kier alpha value is -4.08. The number of nitriles is 1. The van der Waals surface area contributed by atoms with Crippen molar-refractivity contribution in [2.75, 3.05) is 56.0 Å². The minimum atomic E-state index is -0.702. The van der Waals surface area contributed by atoms with Gasteiger partial charge in [0.15, 0.2) is 0 Å². The molecule has 2 fully saturated rings. The summed E-state index contributed by atoms with van der Waals surface area (Å²) in [4.78, 5) is 39.5. The van der Waals surface area contributed by atoms with E-state index in [0.29, 0.717) is 55.1 Å². The van der Waals surface area contributed by atoms with Crippen molar-refractivity contribution in [3.05, 3.63) is 46.4 Å². The van der Waals surface area contributed by atoms with Gasteiger partial charge in [0.05, 0.1) is 24.7 Å². The zero-order valence-corrected chi connectivity index (χ0v) is 20.4. The van der Waals surface area contributed by atoms with Crippen molar-refractivity contribution in [3.63, 3.8) is 0 Å². The minimum Gasteiger partial charge on any atom is -0.481 e. The first-order valence-electron chi connectivity index (χ1n) is 12.4. The van der Waals surface area contributed by atoms with E-state index < -0.39 is 5.97 Å². The quantitative estimate of drug-likeness (QED) is 0.401. The van der Waals surface area contributed by atoms with E-state index >= 15 is 0 Å². The van der Waals surface area contributed by atoms with E-state index in [4.69, 9.17) is 10.2 Å². The van der Waals surface area contributed by atoms with E-state index in [1.807, 2.05) is 24.3 Å². The predicted molar refractivity (Wildman–Crippen MR) is 138 cm³/mol. The molecule has 0 unspecified atom stereocenters. The van der Waals surface area contributed by atoms with Gasteiger partial charge >= 0.3 is 5.97 Å². The molecule has 2 aliphatic heterocycles. The van der Waals surface area contributed by atoms with Crippen LogP contribution in [0.5, 0.6) is 0 Å². The van der Waals surface area contributed by atoms with Crippen molar-refractivity contribution >= 4 is 34.3 Å². The number of benzene rings is 1. The normalized spacial score (nSPS) is 17.5. The lowest BCUT2D eigenvalue weighted by Gasteiger charge is -2.33. The van der Waals surface area contributed by atoms with Gasteiger partial charge < -0.3 is 15.3 Å². The molecule has 5 rings (SSSR count). The number of piperidine rings is 1. The van der Waals surface area contributed by atoms with E-state index in [0.717, 1.165) is 44.0 Å². The van der Waals surface area contributed by atoms with E-state index in [2.05, 4.69) is 41.3 Å². The van der Waals surface area contributed by atoms with Gasteiger partial charge in [-0.2, -0.15) is 15.3 Å². The molecule has 0 spiro atoms. The third-order valence-electron chi connectivity index (χ3n) is 7.01. The van der Waals surface area contributed by atoms with Crippen molar-refractivity contribution in [1.82, 2.24) is 30.0 Å². The highest BCUT2D eigenvalue weighted by Gasteiger charge is 2.24. The van der Waals surface area contributed by atoms with E-state index in [1.54, 1.807) is 0 Å². The molecule has 1 aromatic carbocycles. The van der Waals surface area contributed by atoms with Gasteiger partial charge in [-0.25, -0.2) is 10.1 Å². The van der Waals surface area contributed by atoms with Gasteiger partial charge in [0.25, 0.3) is 5.56 Å². The van der Waals surface area contributed by atoms with Crippen molar-refractivity contribution in [3.8, 4) is 6.07 Å². The molecule has 0 saturated carbocycles. The van der Waals surface area contributed by atoms with Crippen LogP contribution in [0.3, 0.4) is 0 Å². The number of aromatic amines is 1. The molecular formula is C25H29N9O3. The molecule has 37 heavy (non-hydrogen) atoms. The van der Waals surface area contributed by atoms with Crippen LogP contribution in [-0.2, 0) is 11.3 Å². The van der Waals surface area contributed by atoms with Crippen LogP contribution in [0.1, 0.15) is 18.4 Å². The lowest BCUT2D eigenvalue weighted by molar-refractivity contribution is -0.143. The second-order valence-electron chi connectivity index (χ2n) is 9.46. The number of nitrogens with one attached hydrogen (secondary N) is 2. The Labute approximate surface area is 213 Å². The number of H-pyrrole nitrogens is 1. The van der Waals surface area contributed by atoms with Gasteiger partial charge in [0.1, 0.15) is 16.7 Å². The summed E-state index contributed by atoms with van der Waals surface area (Å²) in [5.74, 6) is -0.0199. The lowest BCUT2D eigenvalue weighted by atomic mass is 9.97. The summed E-state index contributed by atoms with van der Waals surface area (Å²) in [6.07, 6.45) is 2.87. The van der Waals surface area contributed by atoms with E-state index in [9.17, 15) is 14.7 Å². The smallest absolute Gasteiger partial charge is 0.306 e. The topological polar surface area (TPSA) is 154 Å². The number of piperazine rings is 1. The Morgan fingerprint density at radius 1 is 1.08 bits per heavy atom. The average Bonchev–Trinajstić information content (AvgIpc) is 2.91. The lowest BCUT2D eigenvalue weighted by Crippen LogP contribution is -2.47. The average molecular weight is 504 g/mol. The number of carboxylic acids is 1. The number of aromatic nitrogens is 4. The number of fused-ring (bicyclic) bond motifs is 1. The molecule has 0 aliphatic carbocycles. The van der Waals surface area contributed by atoms with Crippen LogP contribution in [0.2, 0.25) is 0 Å². The number of carbonyl (C=O) groups is 1. The fourth-order valence-corrected chi connectivity index (χ4v) is 4.86. The number of anilines is 3. The first-order chi connectivity index (χ1) is 18.0. The highest BCUT2D eigenvalue weighted by atomic mass is 16.4. The van der Waals surface area contributed by atoms with Crippen LogP contribution >= 0.6 is 0 Å². The number of rotatable bonds is 7. The SMILES string of the molecule is N#CCN1CCN(c2nc(Nc3ccc(CN4CCC(C(=O)O)CC4)cc3)c3c(=O)[nH]ncc3n2)CC1. The summed E-state index contributed by atoms with van der Waals surface area (Å²) in [6.45, 7) is 5.54. The predicted octanol–water partition coefficient (Wildman–Crippen LogP) is 1.40. The Balaban J connectivity index is 1.32. The number of hydrogen-bond donors (Lipinski definition) is 3. The first kappa shape index (κ1) is 24.6. The molecule has 3 N–H and O–H groups in total. The Morgan fingerprint density at radius 2 is 1.81 bits per heavy atom. The largest absolute Gasteiger partial charge is 0.481 e. The van der Waals surface area contributed by atoms with Crippen molar-refractivity contribution < 1.29 is 9.90 Å². The summed E-state index contributed by atoms with van der Waals surface area (Å²) >= 11 is 0. The zero-order valence-electron chi connectivity index (χ0n) is 20.4.